The Morgan fingerprint density at radius 3 is 2.66 bits per heavy atom. The average Bonchev–Trinajstić information content (AvgIpc) is 3.41. The van der Waals surface area contributed by atoms with Gasteiger partial charge in [0, 0.05) is 13.1 Å². The lowest BCUT2D eigenvalue weighted by Gasteiger charge is -2.19. The van der Waals surface area contributed by atoms with Crippen LogP contribution in [0.3, 0.4) is 0 Å². The maximum atomic E-state index is 12.6. The van der Waals surface area contributed by atoms with Gasteiger partial charge in [-0.1, -0.05) is 24.3 Å². The third kappa shape index (κ3) is 4.28. The van der Waals surface area contributed by atoms with E-state index in [-0.39, 0.29) is 24.8 Å². The van der Waals surface area contributed by atoms with Crippen LogP contribution < -0.4 is 15.4 Å². The molecule has 1 aromatic carbocycles. The highest BCUT2D eigenvalue weighted by Crippen LogP contribution is 2.42. The first-order valence-corrected chi connectivity index (χ1v) is 10.2. The van der Waals surface area contributed by atoms with E-state index >= 15 is 0 Å². The van der Waals surface area contributed by atoms with Gasteiger partial charge in [0.05, 0.1) is 13.5 Å². The number of allylic oxidation sites excluding steroid dienone is 2. The number of methoxy groups -OCH3 is 1. The van der Waals surface area contributed by atoms with Crippen molar-refractivity contribution in [1.29, 1.82) is 0 Å². The Labute approximate surface area is 170 Å². The van der Waals surface area contributed by atoms with Crippen molar-refractivity contribution in [3.63, 3.8) is 0 Å². The van der Waals surface area contributed by atoms with Crippen molar-refractivity contribution in [3.8, 4) is 5.75 Å². The Balaban J connectivity index is 1.23. The number of ether oxygens (including phenoxy) is 1. The monoisotopic (exact) mass is 397 g/mol. The molecule has 154 valence electrons. The van der Waals surface area contributed by atoms with Crippen LogP contribution in [-0.4, -0.2) is 49.0 Å². The molecular weight excluding hydrogens is 370 g/mol. The normalized spacial score (nSPS) is 27.4. The van der Waals surface area contributed by atoms with E-state index in [1.54, 1.807) is 7.11 Å². The molecule has 0 radical (unpaired) electrons. The van der Waals surface area contributed by atoms with Gasteiger partial charge in [0.15, 0.2) is 0 Å². The minimum atomic E-state index is -0.779. The Morgan fingerprint density at radius 2 is 2.00 bits per heavy atom. The summed E-state index contributed by atoms with van der Waals surface area (Å²) in [7, 11) is 1.60. The number of benzene rings is 1. The Bertz CT molecular complexity index is 820. The van der Waals surface area contributed by atoms with Crippen molar-refractivity contribution in [2.75, 3.05) is 20.2 Å². The molecule has 4 atom stereocenters. The van der Waals surface area contributed by atoms with Crippen LogP contribution >= 0.6 is 0 Å². The zero-order valence-corrected chi connectivity index (χ0v) is 16.6. The van der Waals surface area contributed by atoms with Gasteiger partial charge in [-0.2, -0.15) is 0 Å². The van der Waals surface area contributed by atoms with Crippen LogP contribution in [0.15, 0.2) is 36.4 Å². The Kier molecular flexibility index (Phi) is 5.56. The highest BCUT2D eigenvalue weighted by Gasteiger charge is 2.39. The molecule has 3 aliphatic rings. The molecule has 2 aliphatic carbocycles. The lowest BCUT2D eigenvalue weighted by molar-refractivity contribution is -0.130. The van der Waals surface area contributed by atoms with Crippen LogP contribution in [0.25, 0.3) is 0 Å². The smallest absolute Gasteiger partial charge is 0.324 e. The molecular formula is C22H27N3O4. The first-order valence-electron chi connectivity index (χ1n) is 10.2. The molecule has 2 N–H and O–H groups in total. The predicted molar refractivity (Wildman–Crippen MR) is 107 cm³/mol. The van der Waals surface area contributed by atoms with Gasteiger partial charge in [0.1, 0.15) is 11.8 Å². The van der Waals surface area contributed by atoms with Crippen molar-refractivity contribution in [2.45, 2.75) is 31.7 Å². The van der Waals surface area contributed by atoms with Crippen molar-refractivity contribution in [2.24, 2.45) is 17.8 Å². The van der Waals surface area contributed by atoms with E-state index in [0.29, 0.717) is 30.7 Å². The molecule has 1 saturated carbocycles. The van der Waals surface area contributed by atoms with Crippen molar-refractivity contribution >= 4 is 17.8 Å². The second-order valence-corrected chi connectivity index (χ2v) is 8.14. The molecule has 4 unspecified atom stereocenters. The van der Waals surface area contributed by atoms with Crippen molar-refractivity contribution < 1.29 is 19.1 Å². The summed E-state index contributed by atoms with van der Waals surface area (Å²) in [5.74, 6) is 1.97. The number of carbonyl (C=O) groups is 3. The van der Waals surface area contributed by atoms with E-state index in [4.69, 9.17) is 4.74 Å². The van der Waals surface area contributed by atoms with Crippen LogP contribution in [0.4, 0.5) is 4.79 Å². The molecule has 2 fully saturated rings. The summed E-state index contributed by atoms with van der Waals surface area (Å²) < 4.78 is 5.13. The molecule has 29 heavy (non-hydrogen) atoms. The zero-order valence-electron chi connectivity index (χ0n) is 16.6. The number of rotatable bonds is 8. The first kappa shape index (κ1) is 19.5. The summed E-state index contributed by atoms with van der Waals surface area (Å²) in [5, 5.41) is 5.59. The van der Waals surface area contributed by atoms with E-state index in [1.165, 1.54) is 11.3 Å². The van der Waals surface area contributed by atoms with E-state index in [2.05, 4.69) is 22.8 Å². The highest BCUT2D eigenvalue weighted by molar-refractivity contribution is 6.05. The quantitative estimate of drug-likeness (QED) is 0.518. The van der Waals surface area contributed by atoms with Crippen LogP contribution in [0.2, 0.25) is 0 Å². The fraction of sp³-hybridized carbons (Fsp3) is 0.500. The summed E-state index contributed by atoms with van der Waals surface area (Å²) >= 11 is 0. The van der Waals surface area contributed by atoms with Gasteiger partial charge in [0.25, 0.3) is 5.91 Å². The molecule has 1 aromatic rings. The fourth-order valence-electron chi connectivity index (χ4n) is 4.59. The maximum Gasteiger partial charge on any atom is 0.324 e. The van der Waals surface area contributed by atoms with E-state index < -0.39 is 12.1 Å². The number of urea groups is 1. The third-order valence-corrected chi connectivity index (χ3v) is 6.26. The van der Waals surface area contributed by atoms with Crippen LogP contribution in [0.1, 0.15) is 24.8 Å². The molecule has 1 aliphatic heterocycles. The Hall–Kier alpha value is -2.83. The molecule has 0 aromatic heterocycles. The first-order chi connectivity index (χ1) is 14.0. The lowest BCUT2D eigenvalue weighted by Crippen LogP contribution is -2.38. The second kappa shape index (κ2) is 8.27. The molecule has 2 bridgehead atoms. The highest BCUT2D eigenvalue weighted by atomic mass is 16.5. The van der Waals surface area contributed by atoms with Gasteiger partial charge < -0.3 is 15.4 Å². The van der Waals surface area contributed by atoms with Gasteiger partial charge >= 0.3 is 6.03 Å². The zero-order chi connectivity index (χ0) is 20.4. The molecule has 7 heteroatoms. The summed E-state index contributed by atoms with van der Waals surface area (Å²) in [6.07, 6.45) is 7.39. The fourth-order valence-corrected chi connectivity index (χ4v) is 4.59. The molecule has 7 nitrogen and oxygen atoms in total. The van der Waals surface area contributed by atoms with Gasteiger partial charge in [0.2, 0.25) is 5.91 Å². The van der Waals surface area contributed by atoms with Crippen LogP contribution in [-0.2, 0) is 16.0 Å². The number of hydrogen-bond donors (Lipinski definition) is 2. The summed E-state index contributed by atoms with van der Waals surface area (Å²) in [6.45, 7) is 0.924. The minimum absolute atomic E-state index is 0.0136. The standard InChI is InChI=1S/C22H27N3O4/c1-29-18-6-3-14(4-7-18)8-9-25-21(27)19(24-22(25)28)12-20(26)23-13-17-11-15-2-5-16(17)10-15/h2-7,15-17,19H,8-13H2,1H3,(H,23,26)(H,24,28). The second-order valence-electron chi connectivity index (χ2n) is 8.14. The largest absolute Gasteiger partial charge is 0.497 e. The number of fused-ring (bicyclic) bond motifs is 2. The molecule has 4 amide bonds. The molecule has 0 spiro atoms. The number of amides is 4. The lowest BCUT2D eigenvalue weighted by atomic mass is 9.93. The minimum Gasteiger partial charge on any atom is -0.497 e. The Morgan fingerprint density at radius 1 is 1.21 bits per heavy atom. The summed E-state index contributed by atoms with van der Waals surface area (Å²) in [4.78, 5) is 38.3. The summed E-state index contributed by atoms with van der Waals surface area (Å²) in [6, 6.07) is 6.30. The topological polar surface area (TPSA) is 87.7 Å². The SMILES string of the molecule is COc1ccc(CCN2C(=O)NC(CC(=O)NCC3CC4C=CC3C4)C2=O)cc1. The number of nitrogens with zero attached hydrogens (tertiary/aromatic N) is 1. The number of carbonyl (C=O) groups excluding carboxylic acids is 3. The van der Waals surface area contributed by atoms with E-state index in [0.717, 1.165) is 17.7 Å². The number of nitrogens with one attached hydrogen (secondary N) is 2. The van der Waals surface area contributed by atoms with Crippen molar-refractivity contribution in [1.82, 2.24) is 15.5 Å². The van der Waals surface area contributed by atoms with Crippen LogP contribution in [0, 0.1) is 17.8 Å². The van der Waals surface area contributed by atoms with Crippen molar-refractivity contribution in [3.05, 3.63) is 42.0 Å². The van der Waals surface area contributed by atoms with E-state index in [1.807, 2.05) is 24.3 Å². The van der Waals surface area contributed by atoms with Gasteiger partial charge in [-0.15, -0.1) is 0 Å². The van der Waals surface area contributed by atoms with Crippen LogP contribution in [0.5, 0.6) is 5.75 Å². The van der Waals surface area contributed by atoms with E-state index in [9.17, 15) is 14.4 Å². The van der Waals surface area contributed by atoms with Gasteiger partial charge in [-0.05, 0) is 54.7 Å². The maximum absolute atomic E-state index is 12.6. The third-order valence-electron chi connectivity index (χ3n) is 6.26. The summed E-state index contributed by atoms with van der Waals surface area (Å²) in [5.41, 5.74) is 1.01. The molecule has 1 heterocycles. The predicted octanol–water partition coefficient (Wildman–Crippen LogP) is 1.88. The average molecular weight is 397 g/mol. The number of hydrogen-bond acceptors (Lipinski definition) is 4. The van der Waals surface area contributed by atoms with Gasteiger partial charge in [-0.25, -0.2) is 4.79 Å². The van der Waals surface area contributed by atoms with Gasteiger partial charge in [-0.3, -0.25) is 14.5 Å². The molecule has 4 rings (SSSR count). The number of imide groups is 1. The molecule has 1 saturated heterocycles.